The van der Waals surface area contributed by atoms with Crippen LogP contribution in [0.4, 0.5) is 18.0 Å². The van der Waals surface area contributed by atoms with E-state index in [-0.39, 0.29) is 36.2 Å². The highest BCUT2D eigenvalue weighted by atomic mass is 32.2. The van der Waals surface area contributed by atoms with E-state index in [1.807, 2.05) is 4.90 Å². The van der Waals surface area contributed by atoms with Gasteiger partial charge in [-0.2, -0.15) is 13.2 Å². The van der Waals surface area contributed by atoms with Gasteiger partial charge in [-0.15, -0.1) is 0 Å². The van der Waals surface area contributed by atoms with E-state index in [1.54, 1.807) is 25.7 Å². The van der Waals surface area contributed by atoms with Crippen LogP contribution in [0.5, 0.6) is 5.75 Å². The van der Waals surface area contributed by atoms with Gasteiger partial charge in [0.25, 0.3) is 0 Å². The van der Waals surface area contributed by atoms with Gasteiger partial charge in [0.15, 0.2) is 9.84 Å². The number of amides is 1. The molecule has 0 saturated carbocycles. The predicted molar refractivity (Wildman–Crippen MR) is 117 cm³/mol. The molecule has 11 heteroatoms. The standard InChI is InChI=1S/C22H31F3N2O5S/c1-21(2,3)32-20(28)27-10-8-26(9-11-27)15-16-4-5-17(22(23,24)25)14-19(16)31-18-6-12-33(29,30)13-7-18/h4-5,14,18H,6-13,15H2,1-3H3. The number of rotatable bonds is 4. The van der Waals surface area contributed by atoms with Crippen LogP contribution in [0.3, 0.4) is 0 Å². The zero-order chi connectivity index (χ0) is 24.4. The molecule has 186 valence electrons. The fourth-order valence-electron chi connectivity index (χ4n) is 3.79. The number of hydrogen-bond donors (Lipinski definition) is 0. The Balaban J connectivity index is 1.68. The summed E-state index contributed by atoms with van der Waals surface area (Å²) in [5.41, 5.74) is -0.791. The highest BCUT2D eigenvalue weighted by Gasteiger charge is 2.33. The fourth-order valence-corrected chi connectivity index (χ4v) is 5.24. The normalized spacial score (nSPS) is 20.5. The summed E-state index contributed by atoms with van der Waals surface area (Å²) < 4.78 is 74.5. The van der Waals surface area contributed by atoms with Gasteiger partial charge >= 0.3 is 12.3 Å². The van der Waals surface area contributed by atoms with Gasteiger partial charge < -0.3 is 14.4 Å². The minimum atomic E-state index is -4.51. The molecule has 3 rings (SSSR count). The summed E-state index contributed by atoms with van der Waals surface area (Å²) in [4.78, 5) is 15.9. The Bertz CT molecular complexity index is 938. The first-order chi connectivity index (χ1) is 15.2. The Labute approximate surface area is 192 Å². The maximum Gasteiger partial charge on any atom is 0.416 e. The molecule has 1 aromatic carbocycles. The third kappa shape index (κ3) is 7.49. The first-order valence-corrected chi connectivity index (χ1v) is 12.8. The molecule has 0 unspecified atom stereocenters. The number of carbonyl (C=O) groups excluding carboxylic acids is 1. The Morgan fingerprint density at radius 2 is 1.67 bits per heavy atom. The predicted octanol–water partition coefficient (Wildman–Crippen LogP) is 3.71. The summed E-state index contributed by atoms with van der Waals surface area (Å²) in [6.45, 7) is 7.75. The summed E-state index contributed by atoms with van der Waals surface area (Å²) in [6, 6.07) is 3.44. The van der Waals surface area contributed by atoms with Crippen LogP contribution < -0.4 is 4.74 Å². The van der Waals surface area contributed by atoms with Crippen molar-refractivity contribution in [3.05, 3.63) is 29.3 Å². The third-order valence-electron chi connectivity index (χ3n) is 5.61. The average molecular weight is 493 g/mol. The number of benzene rings is 1. The topological polar surface area (TPSA) is 76.2 Å². The van der Waals surface area contributed by atoms with Crippen molar-refractivity contribution >= 4 is 15.9 Å². The number of halogens is 3. The molecular formula is C22H31F3N2O5S. The van der Waals surface area contributed by atoms with Crippen LogP contribution >= 0.6 is 0 Å². The second-order valence-electron chi connectivity index (χ2n) is 9.53. The van der Waals surface area contributed by atoms with E-state index in [9.17, 15) is 26.4 Å². The molecule has 1 amide bonds. The average Bonchev–Trinajstić information content (AvgIpc) is 2.69. The van der Waals surface area contributed by atoms with Crippen LogP contribution in [-0.4, -0.2) is 73.7 Å². The summed E-state index contributed by atoms with van der Waals surface area (Å²) in [6.07, 6.45) is -4.82. The molecule has 0 aliphatic carbocycles. The maximum atomic E-state index is 13.3. The van der Waals surface area contributed by atoms with E-state index in [0.717, 1.165) is 12.1 Å². The quantitative estimate of drug-likeness (QED) is 0.638. The van der Waals surface area contributed by atoms with E-state index in [0.29, 0.717) is 38.3 Å². The van der Waals surface area contributed by atoms with Crippen LogP contribution in [0.25, 0.3) is 0 Å². The van der Waals surface area contributed by atoms with E-state index in [2.05, 4.69) is 0 Å². The number of hydrogen-bond acceptors (Lipinski definition) is 6. The maximum absolute atomic E-state index is 13.3. The Morgan fingerprint density at radius 3 is 2.21 bits per heavy atom. The molecule has 2 fully saturated rings. The molecule has 2 aliphatic heterocycles. The second-order valence-corrected chi connectivity index (χ2v) is 11.8. The monoisotopic (exact) mass is 492 g/mol. The molecule has 0 atom stereocenters. The Morgan fingerprint density at radius 1 is 1.06 bits per heavy atom. The summed E-state index contributed by atoms with van der Waals surface area (Å²) >= 11 is 0. The van der Waals surface area contributed by atoms with Crippen LogP contribution in [0.15, 0.2) is 18.2 Å². The fraction of sp³-hybridized carbons (Fsp3) is 0.682. The van der Waals surface area contributed by atoms with Crippen LogP contribution in [0.2, 0.25) is 0 Å². The smallest absolute Gasteiger partial charge is 0.416 e. The van der Waals surface area contributed by atoms with Gasteiger partial charge in [-0.3, -0.25) is 4.90 Å². The number of sulfone groups is 1. The van der Waals surface area contributed by atoms with Crippen molar-refractivity contribution in [3.63, 3.8) is 0 Å². The van der Waals surface area contributed by atoms with E-state index >= 15 is 0 Å². The second kappa shape index (κ2) is 9.69. The van der Waals surface area contributed by atoms with Crippen LogP contribution in [0, 0.1) is 0 Å². The van der Waals surface area contributed by atoms with Gasteiger partial charge in [-0.25, -0.2) is 13.2 Å². The molecule has 2 aliphatic rings. The zero-order valence-electron chi connectivity index (χ0n) is 19.2. The number of piperazine rings is 1. The van der Waals surface area contributed by atoms with E-state index in [4.69, 9.17) is 9.47 Å². The van der Waals surface area contributed by atoms with Crippen molar-refractivity contribution in [1.29, 1.82) is 0 Å². The molecule has 1 aromatic rings. The van der Waals surface area contributed by atoms with E-state index < -0.39 is 33.3 Å². The molecule has 2 saturated heterocycles. The molecule has 0 bridgehead atoms. The SMILES string of the molecule is CC(C)(C)OC(=O)N1CCN(Cc2ccc(C(F)(F)F)cc2OC2CCS(=O)(=O)CC2)CC1. The van der Waals surface area contributed by atoms with Gasteiger partial charge in [-0.1, -0.05) is 6.07 Å². The van der Waals surface area contributed by atoms with Gasteiger partial charge in [0.05, 0.1) is 17.1 Å². The summed E-state index contributed by atoms with van der Waals surface area (Å²) in [7, 11) is -3.11. The lowest BCUT2D eigenvalue weighted by atomic mass is 10.1. The molecule has 0 spiro atoms. The van der Waals surface area contributed by atoms with Crippen molar-refractivity contribution in [3.8, 4) is 5.75 Å². The van der Waals surface area contributed by atoms with Crippen molar-refractivity contribution in [2.75, 3.05) is 37.7 Å². The van der Waals surface area contributed by atoms with Crippen molar-refractivity contribution in [2.45, 2.75) is 58.0 Å². The van der Waals surface area contributed by atoms with Crippen LogP contribution in [-0.2, 0) is 27.3 Å². The van der Waals surface area contributed by atoms with Gasteiger partial charge in [0.2, 0.25) is 0 Å². The largest absolute Gasteiger partial charge is 0.490 e. The zero-order valence-corrected chi connectivity index (χ0v) is 20.0. The lowest BCUT2D eigenvalue weighted by molar-refractivity contribution is -0.137. The van der Waals surface area contributed by atoms with Gasteiger partial charge in [0, 0.05) is 38.3 Å². The first-order valence-electron chi connectivity index (χ1n) is 11.0. The number of alkyl halides is 3. The van der Waals surface area contributed by atoms with Gasteiger partial charge in [-0.05, 0) is 45.7 Å². The minimum Gasteiger partial charge on any atom is -0.490 e. The number of ether oxygens (including phenoxy) is 2. The summed E-state index contributed by atoms with van der Waals surface area (Å²) in [5, 5.41) is 0. The third-order valence-corrected chi connectivity index (χ3v) is 7.32. The lowest BCUT2D eigenvalue weighted by Gasteiger charge is -2.36. The molecular weight excluding hydrogens is 461 g/mol. The Hall–Kier alpha value is -2.01. The highest BCUT2D eigenvalue weighted by molar-refractivity contribution is 7.91. The molecule has 2 heterocycles. The summed E-state index contributed by atoms with van der Waals surface area (Å²) in [5.74, 6) is 0.0701. The molecule has 33 heavy (non-hydrogen) atoms. The van der Waals surface area contributed by atoms with E-state index in [1.165, 1.54) is 6.07 Å². The molecule has 0 radical (unpaired) electrons. The number of nitrogens with zero attached hydrogens (tertiary/aromatic N) is 2. The van der Waals surface area contributed by atoms with Crippen molar-refractivity contribution in [2.24, 2.45) is 0 Å². The Kier molecular flexibility index (Phi) is 7.52. The first kappa shape index (κ1) is 25.6. The lowest BCUT2D eigenvalue weighted by Crippen LogP contribution is -2.49. The number of carbonyl (C=O) groups is 1. The minimum absolute atomic E-state index is 0.0292. The molecule has 0 N–H and O–H groups in total. The van der Waals surface area contributed by atoms with Crippen molar-refractivity contribution < 1.29 is 35.9 Å². The molecule has 0 aromatic heterocycles. The van der Waals surface area contributed by atoms with Gasteiger partial charge in [0.1, 0.15) is 17.5 Å². The van der Waals surface area contributed by atoms with Crippen molar-refractivity contribution in [1.82, 2.24) is 9.80 Å². The molecule has 7 nitrogen and oxygen atoms in total. The van der Waals surface area contributed by atoms with Crippen LogP contribution in [0.1, 0.15) is 44.7 Å². The highest BCUT2D eigenvalue weighted by Crippen LogP contribution is 2.35.